The molecule has 1 aromatic carbocycles. The first-order chi connectivity index (χ1) is 11.5. The molecule has 3 rings (SSSR count). The zero-order chi connectivity index (χ0) is 17.3. The van der Waals surface area contributed by atoms with Crippen LogP contribution in [-0.4, -0.2) is 22.2 Å². The predicted molar refractivity (Wildman–Crippen MR) is 92.3 cm³/mol. The highest BCUT2D eigenvalue weighted by Crippen LogP contribution is 2.42. The van der Waals surface area contributed by atoms with Crippen LogP contribution in [0.15, 0.2) is 48.7 Å². The number of ketones is 2. The fourth-order valence-corrected chi connectivity index (χ4v) is 2.73. The van der Waals surface area contributed by atoms with Crippen molar-refractivity contribution in [2.75, 3.05) is 0 Å². The first-order valence-corrected chi connectivity index (χ1v) is 7.97. The number of pyridine rings is 1. The number of nitrogens with zero attached hydrogens (tertiary/aromatic N) is 1. The normalized spacial score (nSPS) is 20.2. The number of hydrogen-bond acceptors (Lipinski definition) is 4. The third-order valence-electron chi connectivity index (χ3n) is 4.41. The SMILES string of the molecule is CCC1(C)OC(c2ccc(C(C)=O)cc2)=C(c2ccccn2)C1=O. The third kappa shape index (κ3) is 2.64. The molecule has 2 aromatic rings. The van der Waals surface area contributed by atoms with E-state index in [9.17, 15) is 9.59 Å². The Morgan fingerprint density at radius 1 is 1.17 bits per heavy atom. The van der Waals surface area contributed by atoms with Crippen molar-refractivity contribution in [2.45, 2.75) is 32.8 Å². The van der Waals surface area contributed by atoms with E-state index in [1.54, 1.807) is 25.3 Å². The Balaban J connectivity index is 2.14. The van der Waals surface area contributed by atoms with Crippen LogP contribution in [0.2, 0.25) is 0 Å². The predicted octanol–water partition coefficient (Wildman–Crippen LogP) is 3.92. The summed E-state index contributed by atoms with van der Waals surface area (Å²) >= 11 is 0. The minimum absolute atomic E-state index is 0.00212. The van der Waals surface area contributed by atoms with Crippen molar-refractivity contribution < 1.29 is 14.3 Å². The molecule has 1 aromatic heterocycles. The summed E-state index contributed by atoms with van der Waals surface area (Å²) < 4.78 is 6.07. The highest BCUT2D eigenvalue weighted by Gasteiger charge is 2.45. The highest BCUT2D eigenvalue weighted by molar-refractivity contribution is 6.32. The van der Waals surface area contributed by atoms with Crippen LogP contribution >= 0.6 is 0 Å². The van der Waals surface area contributed by atoms with Gasteiger partial charge in [-0.15, -0.1) is 0 Å². The molecule has 0 spiro atoms. The van der Waals surface area contributed by atoms with Gasteiger partial charge in [0, 0.05) is 17.3 Å². The van der Waals surface area contributed by atoms with E-state index in [0.717, 1.165) is 5.56 Å². The van der Waals surface area contributed by atoms with Gasteiger partial charge in [-0.2, -0.15) is 0 Å². The number of carbonyl (C=O) groups excluding carboxylic acids is 2. The Bertz CT molecular complexity index is 822. The number of benzene rings is 1. The molecular formula is C20H19NO3. The Morgan fingerprint density at radius 2 is 1.88 bits per heavy atom. The van der Waals surface area contributed by atoms with Crippen LogP contribution in [0, 0.1) is 0 Å². The molecule has 0 fully saturated rings. The van der Waals surface area contributed by atoms with Gasteiger partial charge in [0.25, 0.3) is 0 Å². The zero-order valence-corrected chi connectivity index (χ0v) is 14.0. The number of hydrogen-bond donors (Lipinski definition) is 0. The van der Waals surface area contributed by atoms with Gasteiger partial charge in [0.1, 0.15) is 5.76 Å². The van der Waals surface area contributed by atoms with Gasteiger partial charge in [0.2, 0.25) is 5.78 Å². The van der Waals surface area contributed by atoms with Gasteiger partial charge in [0.15, 0.2) is 11.4 Å². The molecule has 1 atom stereocenters. The van der Waals surface area contributed by atoms with E-state index in [4.69, 9.17) is 4.74 Å². The van der Waals surface area contributed by atoms with Gasteiger partial charge in [-0.25, -0.2) is 0 Å². The van der Waals surface area contributed by atoms with E-state index in [0.29, 0.717) is 29.0 Å². The first kappa shape index (κ1) is 16.1. The molecule has 1 aliphatic heterocycles. The highest BCUT2D eigenvalue weighted by atomic mass is 16.5. The fraction of sp³-hybridized carbons (Fsp3) is 0.250. The maximum Gasteiger partial charge on any atom is 0.211 e. The van der Waals surface area contributed by atoms with Gasteiger partial charge in [0.05, 0.1) is 11.3 Å². The molecule has 0 radical (unpaired) electrons. The molecule has 1 unspecified atom stereocenters. The second-order valence-electron chi connectivity index (χ2n) is 6.07. The van der Waals surface area contributed by atoms with E-state index < -0.39 is 5.60 Å². The van der Waals surface area contributed by atoms with Crippen LogP contribution in [0.3, 0.4) is 0 Å². The molecule has 0 bridgehead atoms. The van der Waals surface area contributed by atoms with Crippen LogP contribution in [0.25, 0.3) is 11.3 Å². The van der Waals surface area contributed by atoms with E-state index in [1.165, 1.54) is 6.92 Å². The largest absolute Gasteiger partial charge is 0.478 e. The number of carbonyl (C=O) groups is 2. The van der Waals surface area contributed by atoms with Gasteiger partial charge in [-0.3, -0.25) is 14.6 Å². The fourth-order valence-electron chi connectivity index (χ4n) is 2.73. The third-order valence-corrected chi connectivity index (χ3v) is 4.41. The average molecular weight is 321 g/mol. The number of rotatable bonds is 4. The summed E-state index contributed by atoms with van der Waals surface area (Å²) in [6.45, 7) is 5.25. The van der Waals surface area contributed by atoms with E-state index >= 15 is 0 Å². The molecule has 122 valence electrons. The minimum Gasteiger partial charge on any atom is -0.478 e. The summed E-state index contributed by atoms with van der Waals surface area (Å²) in [6.07, 6.45) is 2.23. The Hall–Kier alpha value is -2.75. The van der Waals surface area contributed by atoms with Crippen molar-refractivity contribution >= 4 is 22.9 Å². The summed E-state index contributed by atoms with van der Waals surface area (Å²) in [5.74, 6) is 0.467. The molecule has 0 saturated carbocycles. The van der Waals surface area contributed by atoms with Crippen LogP contribution < -0.4 is 0 Å². The Labute approximate surface area is 141 Å². The van der Waals surface area contributed by atoms with Gasteiger partial charge in [-0.1, -0.05) is 37.3 Å². The second kappa shape index (κ2) is 6.04. The lowest BCUT2D eigenvalue weighted by Crippen LogP contribution is -2.32. The molecule has 2 heterocycles. The second-order valence-corrected chi connectivity index (χ2v) is 6.07. The van der Waals surface area contributed by atoms with Crippen molar-refractivity contribution in [1.29, 1.82) is 0 Å². The lowest BCUT2D eigenvalue weighted by atomic mass is 9.92. The van der Waals surface area contributed by atoms with Gasteiger partial charge in [-0.05, 0) is 32.4 Å². The van der Waals surface area contributed by atoms with Crippen molar-refractivity contribution in [3.8, 4) is 0 Å². The summed E-state index contributed by atoms with van der Waals surface area (Å²) in [7, 11) is 0. The van der Waals surface area contributed by atoms with Crippen molar-refractivity contribution in [3.05, 3.63) is 65.5 Å². The number of ether oxygens (including phenoxy) is 1. The van der Waals surface area contributed by atoms with E-state index in [2.05, 4.69) is 4.98 Å². The summed E-state index contributed by atoms with van der Waals surface area (Å²) in [4.78, 5) is 28.7. The molecule has 0 amide bonds. The Kier molecular flexibility index (Phi) is 4.06. The monoisotopic (exact) mass is 321 g/mol. The Morgan fingerprint density at radius 3 is 2.42 bits per heavy atom. The minimum atomic E-state index is -0.887. The number of Topliss-reactive ketones (excluding diaryl/α,β-unsaturated/α-hetero) is 2. The molecule has 0 saturated heterocycles. The van der Waals surface area contributed by atoms with Crippen LogP contribution in [-0.2, 0) is 9.53 Å². The standard InChI is InChI=1S/C20H19NO3/c1-4-20(3)19(23)17(16-7-5-6-12-21-16)18(24-20)15-10-8-14(9-11-15)13(2)22/h5-12H,4H2,1-3H3. The molecule has 1 aliphatic rings. The molecule has 0 aliphatic carbocycles. The van der Waals surface area contributed by atoms with Crippen molar-refractivity contribution in [1.82, 2.24) is 4.98 Å². The number of aromatic nitrogens is 1. The van der Waals surface area contributed by atoms with Gasteiger partial charge < -0.3 is 4.74 Å². The molecule has 4 heteroatoms. The quantitative estimate of drug-likeness (QED) is 0.801. The molecule has 4 nitrogen and oxygen atoms in total. The lowest BCUT2D eigenvalue weighted by molar-refractivity contribution is -0.126. The molecule has 24 heavy (non-hydrogen) atoms. The van der Waals surface area contributed by atoms with Crippen LogP contribution in [0.5, 0.6) is 0 Å². The van der Waals surface area contributed by atoms with E-state index in [-0.39, 0.29) is 11.6 Å². The van der Waals surface area contributed by atoms with Crippen molar-refractivity contribution in [2.24, 2.45) is 0 Å². The first-order valence-electron chi connectivity index (χ1n) is 7.97. The smallest absolute Gasteiger partial charge is 0.211 e. The van der Waals surface area contributed by atoms with E-state index in [1.807, 2.05) is 37.3 Å². The average Bonchev–Trinajstić information content (AvgIpc) is 2.88. The van der Waals surface area contributed by atoms with Crippen molar-refractivity contribution in [3.63, 3.8) is 0 Å². The summed E-state index contributed by atoms with van der Waals surface area (Å²) in [5.41, 5.74) is 1.61. The summed E-state index contributed by atoms with van der Waals surface area (Å²) in [6, 6.07) is 12.6. The summed E-state index contributed by atoms with van der Waals surface area (Å²) in [5, 5.41) is 0. The zero-order valence-electron chi connectivity index (χ0n) is 14.0. The molecule has 0 N–H and O–H groups in total. The van der Waals surface area contributed by atoms with Crippen LogP contribution in [0.1, 0.15) is 48.8 Å². The maximum atomic E-state index is 12.9. The topological polar surface area (TPSA) is 56.3 Å². The molecular weight excluding hydrogens is 302 g/mol. The van der Waals surface area contributed by atoms with Crippen LogP contribution in [0.4, 0.5) is 0 Å². The van der Waals surface area contributed by atoms with Gasteiger partial charge >= 0.3 is 0 Å². The lowest BCUT2D eigenvalue weighted by Gasteiger charge is -2.21. The maximum absolute atomic E-state index is 12.9.